The Morgan fingerprint density at radius 2 is 1.97 bits per heavy atom. The number of nitrogens with zero attached hydrogens (tertiary/aromatic N) is 5. The maximum Gasteiger partial charge on any atom is 0.253 e. The van der Waals surface area contributed by atoms with Gasteiger partial charge in [0.2, 0.25) is 11.8 Å². The molecule has 0 spiro atoms. The summed E-state index contributed by atoms with van der Waals surface area (Å²) in [7, 11) is 3.44. The number of carbonyl (C=O) groups excluding carboxylic acids is 3. The third kappa shape index (κ3) is 4.21. The Morgan fingerprint density at radius 1 is 1.27 bits per heavy atom. The maximum absolute atomic E-state index is 13.2. The molecule has 3 fully saturated rings. The van der Waals surface area contributed by atoms with E-state index >= 15 is 0 Å². The number of hydrogen-bond acceptors (Lipinski definition) is 6. The van der Waals surface area contributed by atoms with Gasteiger partial charge in [0.1, 0.15) is 6.04 Å². The molecule has 3 heterocycles. The zero-order valence-corrected chi connectivity index (χ0v) is 19.5. The van der Waals surface area contributed by atoms with E-state index in [9.17, 15) is 19.6 Å². The van der Waals surface area contributed by atoms with Gasteiger partial charge < -0.3 is 20.4 Å². The first kappa shape index (κ1) is 23.2. The molecule has 3 saturated heterocycles. The lowest BCUT2D eigenvalue weighted by atomic mass is 10.0. The highest BCUT2D eigenvalue weighted by molar-refractivity contribution is 5.94. The molecule has 2 N–H and O–H groups in total. The van der Waals surface area contributed by atoms with Gasteiger partial charge in [0.05, 0.1) is 24.2 Å². The van der Waals surface area contributed by atoms with Gasteiger partial charge in [-0.25, -0.2) is 0 Å². The summed E-state index contributed by atoms with van der Waals surface area (Å²) in [6, 6.07) is 8.18. The summed E-state index contributed by atoms with van der Waals surface area (Å²) < 4.78 is 0. The van der Waals surface area contributed by atoms with Crippen molar-refractivity contribution in [3.8, 4) is 6.07 Å². The minimum atomic E-state index is -0.737. The highest BCUT2D eigenvalue weighted by Crippen LogP contribution is 2.38. The number of amides is 3. The van der Waals surface area contributed by atoms with Crippen LogP contribution in [0.5, 0.6) is 0 Å². The quantitative estimate of drug-likeness (QED) is 0.675. The zero-order valence-electron chi connectivity index (χ0n) is 19.5. The second kappa shape index (κ2) is 9.12. The summed E-state index contributed by atoms with van der Waals surface area (Å²) >= 11 is 0. The smallest absolute Gasteiger partial charge is 0.253 e. The third-order valence-corrected chi connectivity index (χ3v) is 7.21. The van der Waals surface area contributed by atoms with Crippen molar-refractivity contribution in [2.24, 2.45) is 5.73 Å². The van der Waals surface area contributed by atoms with Gasteiger partial charge in [-0.2, -0.15) is 5.26 Å². The van der Waals surface area contributed by atoms with Gasteiger partial charge in [-0.15, -0.1) is 0 Å². The number of benzene rings is 1. The van der Waals surface area contributed by atoms with Crippen molar-refractivity contribution in [1.29, 1.82) is 5.26 Å². The Bertz CT molecular complexity index is 971. The molecule has 33 heavy (non-hydrogen) atoms. The average molecular weight is 453 g/mol. The van der Waals surface area contributed by atoms with Gasteiger partial charge in [-0.05, 0) is 43.9 Å². The molecule has 3 aliphatic heterocycles. The molecule has 0 aromatic heterocycles. The van der Waals surface area contributed by atoms with Crippen molar-refractivity contribution in [1.82, 2.24) is 19.6 Å². The van der Waals surface area contributed by atoms with E-state index < -0.39 is 12.1 Å². The van der Waals surface area contributed by atoms with E-state index in [1.54, 1.807) is 31.1 Å². The number of carbonyl (C=O) groups is 3. The van der Waals surface area contributed by atoms with Gasteiger partial charge in [0, 0.05) is 45.3 Å². The summed E-state index contributed by atoms with van der Waals surface area (Å²) in [4.78, 5) is 45.2. The highest BCUT2D eigenvalue weighted by atomic mass is 16.2. The predicted octanol–water partition coefficient (Wildman–Crippen LogP) is 0.576. The van der Waals surface area contributed by atoms with E-state index in [1.165, 1.54) is 4.90 Å². The van der Waals surface area contributed by atoms with Crippen LogP contribution in [0.1, 0.15) is 48.1 Å². The molecule has 0 radical (unpaired) electrons. The second-order valence-corrected chi connectivity index (χ2v) is 9.53. The minimum Gasteiger partial charge on any atom is -0.345 e. The second-order valence-electron chi connectivity index (χ2n) is 9.53. The fraction of sp³-hybridized carbons (Fsp3) is 0.583. The predicted molar refractivity (Wildman–Crippen MR) is 122 cm³/mol. The van der Waals surface area contributed by atoms with Gasteiger partial charge >= 0.3 is 0 Å². The molecule has 1 aromatic rings. The molecule has 3 aliphatic rings. The van der Waals surface area contributed by atoms with E-state index in [0.717, 1.165) is 18.4 Å². The van der Waals surface area contributed by atoms with Gasteiger partial charge in [0.15, 0.2) is 0 Å². The monoisotopic (exact) mass is 452 g/mol. The number of rotatable bonds is 6. The minimum absolute atomic E-state index is 0.0537. The summed E-state index contributed by atoms with van der Waals surface area (Å²) in [5, 5.41) is 9.25. The topological polar surface area (TPSA) is 114 Å². The number of fused-ring (bicyclic) bond motifs is 2. The van der Waals surface area contributed by atoms with E-state index in [2.05, 4.69) is 6.07 Å². The van der Waals surface area contributed by atoms with Gasteiger partial charge in [-0.1, -0.05) is 12.1 Å². The number of hydrogen-bond donors (Lipinski definition) is 1. The Morgan fingerprint density at radius 3 is 2.58 bits per heavy atom. The van der Waals surface area contributed by atoms with E-state index in [0.29, 0.717) is 31.6 Å². The van der Waals surface area contributed by atoms with Crippen LogP contribution in [0.25, 0.3) is 0 Å². The fourth-order valence-corrected chi connectivity index (χ4v) is 5.43. The summed E-state index contributed by atoms with van der Waals surface area (Å²) in [5.74, 6) is -0.197. The lowest BCUT2D eigenvalue weighted by Crippen LogP contribution is -2.56. The fourth-order valence-electron chi connectivity index (χ4n) is 5.43. The molecular weight excluding hydrogens is 420 g/mol. The van der Waals surface area contributed by atoms with Crippen LogP contribution in [0.3, 0.4) is 0 Å². The SMILES string of the molecule is C[C@H](c1ccc(C(=O)N(C)C)cc1)N1C(=O)[C@@H]2CC1CN2C[C@H](N)C(=O)N1CCC[C@H]1C#N. The van der Waals surface area contributed by atoms with Crippen molar-refractivity contribution >= 4 is 17.7 Å². The number of nitrogens with two attached hydrogens (primary N) is 1. The Balaban J connectivity index is 1.38. The average Bonchev–Trinajstić information content (AvgIpc) is 3.52. The maximum atomic E-state index is 13.2. The summed E-state index contributed by atoms with van der Waals surface area (Å²) in [5.41, 5.74) is 7.82. The zero-order chi connectivity index (χ0) is 23.9. The molecule has 0 aliphatic carbocycles. The van der Waals surface area contributed by atoms with Gasteiger partial charge in [-0.3, -0.25) is 19.3 Å². The standard InChI is InChI=1S/C24H32N6O3/c1-15(16-6-8-17(9-7-16)22(31)27(2)3)30-19-11-21(24(30)33)28(13-19)14-20(26)23(32)29-10-4-5-18(29)12-25/h6-9,15,18-21H,4-5,10-11,13-14,26H2,1-3H3/t15-,18+,19?,20+,21+/m1/s1. The van der Waals surface area contributed by atoms with Crippen LogP contribution in [-0.4, -0.2) is 95.2 Å². The summed E-state index contributed by atoms with van der Waals surface area (Å²) in [6.07, 6.45) is 2.24. The Labute approximate surface area is 194 Å². The van der Waals surface area contributed by atoms with Crippen molar-refractivity contribution in [3.63, 3.8) is 0 Å². The molecule has 0 saturated carbocycles. The first-order chi connectivity index (χ1) is 15.7. The van der Waals surface area contributed by atoms with Crippen LogP contribution in [0.15, 0.2) is 24.3 Å². The molecular formula is C24H32N6O3. The van der Waals surface area contributed by atoms with Gasteiger partial charge in [0.25, 0.3) is 5.91 Å². The normalized spacial score (nSPS) is 26.4. The molecule has 2 bridgehead atoms. The molecule has 9 nitrogen and oxygen atoms in total. The van der Waals surface area contributed by atoms with E-state index in [1.807, 2.05) is 28.9 Å². The molecule has 4 rings (SSSR count). The van der Waals surface area contributed by atoms with E-state index in [4.69, 9.17) is 5.73 Å². The van der Waals surface area contributed by atoms with Crippen molar-refractivity contribution in [2.75, 3.05) is 33.7 Å². The highest BCUT2D eigenvalue weighted by Gasteiger charge is 2.51. The molecule has 1 unspecified atom stereocenters. The van der Waals surface area contributed by atoms with Crippen LogP contribution < -0.4 is 5.73 Å². The largest absolute Gasteiger partial charge is 0.345 e. The van der Waals surface area contributed by atoms with Crippen LogP contribution >= 0.6 is 0 Å². The van der Waals surface area contributed by atoms with Crippen molar-refractivity contribution < 1.29 is 14.4 Å². The number of likely N-dealkylation sites (tertiary alicyclic amines) is 3. The van der Waals surface area contributed by atoms with Crippen LogP contribution in [0.2, 0.25) is 0 Å². The molecule has 176 valence electrons. The van der Waals surface area contributed by atoms with Crippen LogP contribution in [-0.2, 0) is 9.59 Å². The molecule has 5 atom stereocenters. The molecule has 9 heteroatoms. The first-order valence-corrected chi connectivity index (χ1v) is 11.6. The van der Waals surface area contributed by atoms with E-state index in [-0.39, 0.29) is 35.8 Å². The molecule has 1 aromatic carbocycles. The van der Waals surface area contributed by atoms with Crippen molar-refractivity contribution in [2.45, 2.75) is 56.4 Å². The van der Waals surface area contributed by atoms with Crippen molar-refractivity contribution in [3.05, 3.63) is 35.4 Å². The Kier molecular flexibility index (Phi) is 6.41. The molecule has 3 amide bonds. The number of piperazine rings is 1. The van der Waals surface area contributed by atoms with Crippen LogP contribution in [0.4, 0.5) is 0 Å². The number of nitriles is 1. The third-order valence-electron chi connectivity index (χ3n) is 7.21. The Hall–Kier alpha value is -2.96. The van der Waals surface area contributed by atoms with Crippen LogP contribution in [0, 0.1) is 11.3 Å². The lowest BCUT2D eigenvalue weighted by molar-refractivity contribution is -0.140. The summed E-state index contributed by atoms with van der Waals surface area (Å²) in [6.45, 7) is 3.58. The first-order valence-electron chi connectivity index (χ1n) is 11.6. The lowest BCUT2D eigenvalue weighted by Gasteiger charge is -2.38.